The minimum atomic E-state index is -0.160. The van der Waals surface area contributed by atoms with E-state index in [-0.39, 0.29) is 11.9 Å². The summed E-state index contributed by atoms with van der Waals surface area (Å²) in [5.41, 5.74) is 1.80. The largest absolute Gasteiger partial charge is 0.469 e. The molecule has 1 amide bonds. The third-order valence-corrected chi connectivity index (χ3v) is 5.77. The Bertz CT molecular complexity index is 618. The van der Waals surface area contributed by atoms with Gasteiger partial charge in [-0.05, 0) is 74.9 Å². The number of piperidine rings is 2. The lowest BCUT2D eigenvalue weighted by Crippen LogP contribution is -2.39. The highest BCUT2D eigenvalue weighted by Gasteiger charge is 2.25. The molecule has 2 aliphatic rings. The molecule has 1 aromatic carbocycles. The van der Waals surface area contributed by atoms with Gasteiger partial charge < -0.3 is 20.3 Å². The Kier molecular flexibility index (Phi) is 7.10. The van der Waals surface area contributed by atoms with Crippen molar-refractivity contribution >= 4 is 17.6 Å². The summed E-state index contributed by atoms with van der Waals surface area (Å²) < 4.78 is 4.74. The van der Waals surface area contributed by atoms with Crippen LogP contribution in [0.15, 0.2) is 24.3 Å². The molecule has 0 aromatic heterocycles. The van der Waals surface area contributed by atoms with Crippen LogP contribution in [0.5, 0.6) is 0 Å². The quantitative estimate of drug-likeness (QED) is 0.750. The number of carbonyl (C=O) groups is 2. The maximum Gasteiger partial charge on any atom is 0.305 e. The Hall–Kier alpha value is -2.08. The third-order valence-electron chi connectivity index (χ3n) is 5.77. The molecule has 27 heavy (non-hydrogen) atoms. The average Bonchev–Trinajstić information content (AvgIpc) is 2.73. The molecule has 0 atom stereocenters. The number of anilines is 1. The lowest BCUT2D eigenvalue weighted by Gasteiger charge is -2.31. The summed E-state index contributed by atoms with van der Waals surface area (Å²) in [6, 6.07) is 7.82. The summed E-state index contributed by atoms with van der Waals surface area (Å²) in [5, 5.41) is 6.88. The maximum atomic E-state index is 12.7. The molecule has 6 heteroatoms. The lowest BCUT2D eigenvalue weighted by molar-refractivity contribution is -0.142. The Morgan fingerprint density at radius 2 is 1.74 bits per heavy atom. The first-order valence-corrected chi connectivity index (χ1v) is 10.1. The van der Waals surface area contributed by atoms with Gasteiger partial charge in [-0.1, -0.05) is 0 Å². The number of carbonyl (C=O) groups excluding carboxylic acids is 2. The van der Waals surface area contributed by atoms with Crippen molar-refractivity contribution in [2.45, 2.75) is 32.1 Å². The molecular formula is C21H31N3O3. The SMILES string of the molecule is COC(=O)CC1CCN(C(=O)c2ccc(NCC3CCNCC3)cc2)CC1. The van der Waals surface area contributed by atoms with Crippen LogP contribution in [0.1, 0.15) is 42.5 Å². The van der Waals surface area contributed by atoms with Gasteiger partial charge in [0.05, 0.1) is 7.11 Å². The highest BCUT2D eigenvalue weighted by atomic mass is 16.5. The Balaban J connectivity index is 1.45. The van der Waals surface area contributed by atoms with Crippen LogP contribution in [0.3, 0.4) is 0 Å². The number of ether oxygens (including phenoxy) is 1. The Morgan fingerprint density at radius 3 is 2.37 bits per heavy atom. The number of nitrogens with zero attached hydrogens (tertiary/aromatic N) is 1. The van der Waals surface area contributed by atoms with Crippen molar-refractivity contribution in [2.75, 3.05) is 45.2 Å². The fourth-order valence-corrected chi connectivity index (χ4v) is 3.92. The van der Waals surface area contributed by atoms with Gasteiger partial charge in [0.15, 0.2) is 0 Å². The summed E-state index contributed by atoms with van der Waals surface area (Å²) in [5.74, 6) is 0.964. The van der Waals surface area contributed by atoms with E-state index >= 15 is 0 Å². The Labute approximate surface area is 161 Å². The fraction of sp³-hybridized carbons (Fsp3) is 0.619. The molecule has 1 aromatic rings. The monoisotopic (exact) mass is 373 g/mol. The molecule has 0 spiro atoms. The minimum absolute atomic E-state index is 0.0800. The van der Waals surface area contributed by atoms with Gasteiger partial charge in [0.25, 0.3) is 5.91 Å². The number of hydrogen-bond donors (Lipinski definition) is 2. The molecule has 2 N–H and O–H groups in total. The second-order valence-electron chi connectivity index (χ2n) is 7.67. The van der Waals surface area contributed by atoms with E-state index in [0.29, 0.717) is 25.4 Å². The van der Waals surface area contributed by atoms with E-state index in [2.05, 4.69) is 10.6 Å². The second-order valence-corrected chi connectivity index (χ2v) is 7.67. The molecule has 0 bridgehead atoms. The number of methoxy groups -OCH3 is 1. The molecule has 2 aliphatic heterocycles. The molecule has 0 unspecified atom stereocenters. The van der Waals surface area contributed by atoms with Crippen LogP contribution in [0.2, 0.25) is 0 Å². The molecule has 2 fully saturated rings. The van der Waals surface area contributed by atoms with Crippen molar-refractivity contribution in [1.82, 2.24) is 10.2 Å². The predicted molar refractivity (Wildman–Crippen MR) is 106 cm³/mol. The summed E-state index contributed by atoms with van der Waals surface area (Å²) in [6.45, 7) is 4.61. The maximum absolute atomic E-state index is 12.7. The van der Waals surface area contributed by atoms with Crippen LogP contribution < -0.4 is 10.6 Å². The number of hydrogen-bond acceptors (Lipinski definition) is 5. The first kappa shape index (κ1) is 19.7. The van der Waals surface area contributed by atoms with Gasteiger partial charge in [-0.15, -0.1) is 0 Å². The zero-order valence-corrected chi connectivity index (χ0v) is 16.2. The number of benzene rings is 1. The molecule has 6 nitrogen and oxygen atoms in total. The van der Waals surface area contributed by atoms with Crippen LogP contribution in [0.4, 0.5) is 5.69 Å². The predicted octanol–water partition coefficient (Wildman–Crippen LogP) is 2.51. The standard InChI is InChI=1S/C21H31N3O3/c1-27-20(25)14-16-8-12-24(13-9-16)21(26)18-2-4-19(5-3-18)23-15-17-6-10-22-11-7-17/h2-5,16-17,22-23H,6-15H2,1H3. The number of esters is 1. The van der Waals surface area contributed by atoms with Crippen molar-refractivity contribution in [3.05, 3.63) is 29.8 Å². The van der Waals surface area contributed by atoms with Crippen molar-refractivity contribution in [3.63, 3.8) is 0 Å². The van der Waals surface area contributed by atoms with Crippen LogP contribution in [0.25, 0.3) is 0 Å². The fourth-order valence-electron chi connectivity index (χ4n) is 3.92. The molecular weight excluding hydrogens is 342 g/mol. The van der Waals surface area contributed by atoms with Gasteiger partial charge >= 0.3 is 5.97 Å². The van der Waals surface area contributed by atoms with Crippen LogP contribution in [-0.2, 0) is 9.53 Å². The molecule has 2 saturated heterocycles. The van der Waals surface area contributed by atoms with E-state index in [4.69, 9.17) is 4.74 Å². The normalized spacial score (nSPS) is 18.9. The highest BCUT2D eigenvalue weighted by Crippen LogP contribution is 2.23. The van der Waals surface area contributed by atoms with E-state index in [1.807, 2.05) is 29.2 Å². The molecule has 148 valence electrons. The summed E-state index contributed by atoms with van der Waals surface area (Å²) >= 11 is 0. The zero-order chi connectivity index (χ0) is 19.1. The van der Waals surface area contributed by atoms with E-state index in [1.54, 1.807) is 0 Å². The lowest BCUT2D eigenvalue weighted by atomic mass is 9.93. The van der Waals surface area contributed by atoms with Crippen LogP contribution in [-0.4, -0.2) is 56.6 Å². The molecule has 3 rings (SSSR count). The topological polar surface area (TPSA) is 70.7 Å². The second kappa shape index (κ2) is 9.74. The molecule has 2 heterocycles. The van der Waals surface area contributed by atoms with Gasteiger partial charge in [0, 0.05) is 37.3 Å². The minimum Gasteiger partial charge on any atom is -0.469 e. The van der Waals surface area contributed by atoms with Crippen molar-refractivity contribution in [1.29, 1.82) is 0 Å². The van der Waals surface area contributed by atoms with Crippen molar-refractivity contribution < 1.29 is 14.3 Å². The summed E-state index contributed by atoms with van der Waals surface area (Å²) in [6.07, 6.45) is 4.61. The van der Waals surface area contributed by atoms with E-state index < -0.39 is 0 Å². The summed E-state index contributed by atoms with van der Waals surface area (Å²) in [7, 11) is 1.42. The Morgan fingerprint density at radius 1 is 1.07 bits per heavy atom. The van der Waals surface area contributed by atoms with Gasteiger partial charge in [0.2, 0.25) is 0 Å². The van der Waals surface area contributed by atoms with Gasteiger partial charge in [-0.25, -0.2) is 0 Å². The number of nitrogens with one attached hydrogen (secondary N) is 2. The average molecular weight is 373 g/mol. The van der Waals surface area contributed by atoms with Gasteiger partial charge in [-0.3, -0.25) is 9.59 Å². The number of amides is 1. The van der Waals surface area contributed by atoms with Crippen LogP contribution in [0, 0.1) is 11.8 Å². The zero-order valence-electron chi connectivity index (χ0n) is 16.2. The molecule has 0 aliphatic carbocycles. The first-order valence-electron chi connectivity index (χ1n) is 10.1. The number of likely N-dealkylation sites (tertiary alicyclic amines) is 1. The summed E-state index contributed by atoms with van der Waals surface area (Å²) in [4.78, 5) is 26.0. The number of rotatable bonds is 6. The van der Waals surface area contributed by atoms with Crippen molar-refractivity contribution in [3.8, 4) is 0 Å². The van der Waals surface area contributed by atoms with Gasteiger partial charge in [-0.2, -0.15) is 0 Å². The van der Waals surface area contributed by atoms with E-state index in [1.165, 1.54) is 20.0 Å². The van der Waals surface area contributed by atoms with Crippen molar-refractivity contribution in [2.24, 2.45) is 11.8 Å². The third kappa shape index (κ3) is 5.70. The molecule has 0 radical (unpaired) electrons. The van der Waals surface area contributed by atoms with Gasteiger partial charge in [0.1, 0.15) is 0 Å². The molecule has 0 saturated carbocycles. The van der Waals surface area contributed by atoms with E-state index in [9.17, 15) is 9.59 Å². The first-order chi connectivity index (χ1) is 13.2. The van der Waals surface area contributed by atoms with Crippen LogP contribution >= 0.6 is 0 Å². The highest BCUT2D eigenvalue weighted by molar-refractivity contribution is 5.94. The smallest absolute Gasteiger partial charge is 0.305 e. The van der Waals surface area contributed by atoms with E-state index in [0.717, 1.165) is 49.6 Å².